The Morgan fingerprint density at radius 1 is 0.868 bits per heavy atom. The summed E-state index contributed by atoms with van der Waals surface area (Å²) < 4.78 is 11.3. The molecule has 0 bridgehead atoms. The summed E-state index contributed by atoms with van der Waals surface area (Å²) in [7, 11) is 0. The quantitative estimate of drug-likeness (QED) is 0.299. The predicted molar refractivity (Wildman–Crippen MR) is 135 cm³/mol. The molecule has 3 aliphatic rings. The van der Waals surface area contributed by atoms with Crippen LogP contribution in [0.15, 0.2) is 72.8 Å². The second-order valence-corrected chi connectivity index (χ2v) is 9.62. The van der Waals surface area contributed by atoms with Crippen LogP contribution in [-0.4, -0.2) is 41.6 Å². The van der Waals surface area contributed by atoms with Crippen molar-refractivity contribution < 1.29 is 33.4 Å². The standard InChI is InChI=1S/C30H23NO7/c1-3-37-29(36)17-12-14-18(15-13-17)31-27(34)22-23(28(31)35)30(38-24(22)19-9-5-4-8-16(19)2)25(32)20-10-6-7-11-21(20)26(30)33/h4-15,22-24H,3H2,1-2H3/t22-,23-,24+/m0/s1. The van der Waals surface area contributed by atoms with Gasteiger partial charge < -0.3 is 9.47 Å². The second kappa shape index (κ2) is 8.56. The summed E-state index contributed by atoms with van der Waals surface area (Å²) in [5.41, 5.74) is 0.171. The maximum absolute atomic E-state index is 14.0. The van der Waals surface area contributed by atoms with Crippen LogP contribution in [0.5, 0.6) is 0 Å². The summed E-state index contributed by atoms with van der Waals surface area (Å²) >= 11 is 0. The van der Waals surface area contributed by atoms with Gasteiger partial charge in [-0.1, -0.05) is 48.5 Å². The molecule has 1 spiro atoms. The third-order valence-electron chi connectivity index (χ3n) is 7.65. The van der Waals surface area contributed by atoms with Crippen molar-refractivity contribution >= 4 is 35.0 Å². The molecule has 3 aromatic rings. The van der Waals surface area contributed by atoms with Gasteiger partial charge in [-0.25, -0.2) is 9.69 Å². The average molecular weight is 510 g/mol. The second-order valence-electron chi connectivity index (χ2n) is 9.62. The maximum atomic E-state index is 14.0. The van der Waals surface area contributed by atoms with Crippen LogP contribution in [0.25, 0.3) is 0 Å². The van der Waals surface area contributed by atoms with Crippen molar-refractivity contribution in [2.24, 2.45) is 11.8 Å². The molecule has 190 valence electrons. The highest BCUT2D eigenvalue weighted by Crippen LogP contribution is 2.58. The predicted octanol–water partition coefficient (Wildman–Crippen LogP) is 3.87. The Labute approximate surface area is 218 Å². The zero-order valence-corrected chi connectivity index (χ0v) is 20.7. The number of fused-ring (bicyclic) bond motifs is 3. The molecule has 8 heteroatoms. The summed E-state index contributed by atoms with van der Waals surface area (Å²) in [6.07, 6.45) is -0.983. The van der Waals surface area contributed by atoms with E-state index >= 15 is 0 Å². The van der Waals surface area contributed by atoms with Gasteiger partial charge in [0.2, 0.25) is 29.0 Å². The molecule has 2 heterocycles. The molecule has 38 heavy (non-hydrogen) atoms. The molecular weight excluding hydrogens is 486 g/mol. The van der Waals surface area contributed by atoms with Crippen LogP contribution in [0.4, 0.5) is 5.69 Å². The van der Waals surface area contributed by atoms with Crippen molar-refractivity contribution in [1.82, 2.24) is 0 Å². The average Bonchev–Trinajstić information content (AvgIpc) is 3.49. The first-order valence-corrected chi connectivity index (χ1v) is 12.4. The molecule has 0 aromatic heterocycles. The van der Waals surface area contributed by atoms with Crippen LogP contribution in [-0.2, 0) is 19.1 Å². The summed E-state index contributed by atoms with van der Waals surface area (Å²) in [5, 5.41) is 0. The van der Waals surface area contributed by atoms with E-state index in [0.29, 0.717) is 5.56 Å². The highest BCUT2D eigenvalue weighted by Gasteiger charge is 2.74. The van der Waals surface area contributed by atoms with Crippen LogP contribution < -0.4 is 4.90 Å². The number of esters is 1. The fourth-order valence-corrected chi connectivity index (χ4v) is 5.92. The van der Waals surface area contributed by atoms with E-state index in [1.54, 1.807) is 31.2 Å². The molecule has 2 fully saturated rings. The number of ketones is 2. The monoisotopic (exact) mass is 509 g/mol. The number of Topliss-reactive ketones (excluding diaryl/α,β-unsaturated/α-hetero) is 2. The molecule has 2 aliphatic heterocycles. The van der Waals surface area contributed by atoms with Gasteiger partial charge in [0.25, 0.3) is 0 Å². The SMILES string of the molecule is CCOC(=O)c1ccc(N2C(=O)[C@@H]3[C@@H](c4ccccc4C)OC4(C(=O)c5ccccc5C4=O)[C@@H]3C2=O)cc1. The van der Waals surface area contributed by atoms with Gasteiger partial charge in [0.05, 0.1) is 35.8 Å². The Hall–Kier alpha value is -4.43. The van der Waals surface area contributed by atoms with E-state index in [1.807, 2.05) is 19.1 Å². The molecule has 0 N–H and O–H groups in total. The van der Waals surface area contributed by atoms with Crippen LogP contribution in [0, 0.1) is 18.8 Å². The molecule has 3 atom stereocenters. The zero-order valence-electron chi connectivity index (χ0n) is 20.7. The van der Waals surface area contributed by atoms with Crippen molar-refractivity contribution in [1.29, 1.82) is 0 Å². The molecule has 2 amide bonds. The van der Waals surface area contributed by atoms with Crippen molar-refractivity contribution in [2.75, 3.05) is 11.5 Å². The van der Waals surface area contributed by atoms with E-state index in [-0.39, 0.29) is 29.0 Å². The Bertz CT molecular complexity index is 1510. The lowest BCUT2D eigenvalue weighted by Crippen LogP contribution is -2.51. The number of benzene rings is 3. The minimum atomic E-state index is -2.13. The number of hydrogen-bond acceptors (Lipinski definition) is 7. The highest BCUT2D eigenvalue weighted by atomic mass is 16.5. The fourth-order valence-electron chi connectivity index (χ4n) is 5.92. The smallest absolute Gasteiger partial charge is 0.338 e. The van der Waals surface area contributed by atoms with E-state index in [1.165, 1.54) is 36.4 Å². The van der Waals surface area contributed by atoms with Crippen LogP contribution in [0.3, 0.4) is 0 Å². The number of rotatable bonds is 4. The zero-order chi connectivity index (χ0) is 26.8. The number of carbonyl (C=O) groups is 5. The number of ether oxygens (including phenoxy) is 2. The molecular formula is C30H23NO7. The van der Waals surface area contributed by atoms with Gasteiger partial charge in [0.1, 0.15) is 0 Å². The molecule has 2 saturated heterocycles. The van der Waals surface area contributed by atoms with Gasteiger partial charge in [-0.2, -0.15) is 0 Å². The van der Waals surface area contributed by atoms with Crippen molar-refractivity contribution in [3.63, 3.8) is 0 Å². The normalized spacial score (nSPS) is 23.2. The van der Waals surface area contributed by atoms with E-state index in [9.17, 15) is 24.0 Å². The maximum Gasteiger partial charge on any atom is 0.338 e. The Morgan fingerprint density at radius 3 is 2.08 bits per heavy atom. The van der Waals surface area contributed by atoms with Gasteiger partial charge in [0.15, 0.2) is 0 Å². The third kappa shape index (κ3) is 3.10. The Balaban J connectivity index is 1.48. The first-order valence-electron chi connectivity index (χ1n) is 12.4. The van der Waals surface area contributed by atoms with Gasteiger partial charge in [-0.15, -0.1) is 0 Å². The molecule has 0 saturated carbocycles. The first-order chi connectivity index (χ1) is 18.3. The lowest BCUT2D eigenvalue weighted by atomic mass is 9.77. The lowest BCUT2D eigenvalue weighted by Gasteiger charge is -2.27. The molecule has 0 unspecified atom stereocenters. The largest absolute Gasteiger partial charge is 0.462 e. The number of carbonyl (C=O) groups excluding carboxylic acids is 5. The number of nitrogens with zero attached hydrogens (tertiary/aromatic N) is 1. The third-order valence-corrected chi connectivity index (χ3v) is 7.65. The molecule has 3 aromatic carbocycles. The van der Waals surface area contributed by atoms with E-state index in [2.05, 4.69) is 0 Å². The van der Waals surface area contributed by atoms with Crippen molar-refractivity contribution in [3.8, 4) is 0 Å². The van der Waals surface area contributed by atoms with Gasteiger partial charge >= 0.3 is 5.97 Å². The molecule has 8 nitrogen and oxygen atoms in total. The topological polar surface area (TPSA) is 107 Å². The van der Waals surface area contributed by atoms with Gasteiger partial charge in [-0.05, 0) is 49.2 Å². The first kappa shape index (κ1) is 23.9. The number of aryl methyl sites for hydroxylation is 1. The van der Waals surface area contributed by atoms with E-state index in [4.69, 9.17) is 9.47 Å². The number of imide groups is 1. The summed E-state index contributed by atoms with van der Waals surface area (Å²) in [5.74, 6) is -5.41. The number of anilines is 1. The van der Waals surface area contributed by atoms with Gasteiger partial charge in [-0.3, -0.25) is 19.2 Å². The summed E-state index contributed by atoms with van der Waals surface area (Å²) in [6, 6.07) is 19.5. The Morgan fingerprint density at radius 2 is 1.47 bits per heavy atom. The minimum absolute atomic E-state index is 0.180. The summed E-state index contributed by atoms with van der Waals surface area (Å²) in [6.45, 7) is 3.75. The van der Waals surface area contributed by atoms with Crippen LogP contribution in [0.1, 0.15) is 55.2 Å². The number of hydrogen-bond donors (Lipinski definition) is 0. The van der Waals surface area contributed by atoms with Crippen LogP contribution >= 0.6 is 0 Å². The molecule has 6 rings (SSSR count). The molecule has 0 radical (unpaired) electrons. The highest BCUT2D eigenvalue weighted by molar-refractivity contribution is 6.37. The lowest BCUT2D eigenvalue weighted by molar-refractivity contribution is -0.127. The molecule has 1 aliphatic carbocycles. The fraction of sp³-hybridized carbons (Fsp3) is 0.233. The minimum Gasteiger partial charge on any atom is -0.462 e. The van der Waals surface area contributed by atoms with Gasteiger partial charge in [0, 0.05) is 11.1 Å². The summed E-state index contributed by atoms with van der Waals surface area (Å²) in [4.78, 5) is 68.7. The van der Waals surface area contributed by atoms with Crippen molar-refractivity contribution in [3.05, 3.63) is 101 Å². The van der Waals surface area contributed by atoms with E-state index in [0.717, 1.165) is 10.5 Å². The Kier molecular flexibility index (Phi) is 5.39. The number of amides is 2. The van der Waals surface area contributed by atoms with E-state index < -0.39 is 52.9 Å². The van der Waals surface area contributed by atoms with Crippen molar-refractivity contribution in [2.45, 2.75) is 25.6 Å². The van der Waals surface area contributed by atoms with Crippen LogP contribution in [0.2, 0.25) is 0 Å².